The summed E-state index contributed by atoms with van der Waals surface area (Å²) in [6, 6.07) is -1.16. The number of rotatable bonds is 16. The van der Waals surface area contributed by atoms with Crippen LogP contribution in [0.2, 0.25) is 0 Å². The van der Waals surface area contributed by atoms with Crippen molar-refractivity contribution in [2.45, 2.75) is 90.2 Å². The lowest BCUT2D eigenvalue weighted by Crippen LogP contribution is -2.44. The zero-order chi connectivity index (χ0) is 19.9. The number of ketones is 1. The van der Waals surface area contributed by atoms with E-state index in [2.05, 4.69) is 13.8 Å². The van der Waals surface area contributed by atoms with Crippen LogP contribution >= 0.6 is 0 Å². The van der Waals surface area contributed by atoms with Gasteiger partial charge in [0.25, 0.3) is 5.91 Å². The number of nitrogens with two attached hydrogens (primary N) is 1. The third-order valence-corrected chi connectivity index (χ3v) is 4.43. The van der Waals surface area contributed by atoms with Gasteiger partial charge in [-0.3, -0.25) is 14.8 Å². The van der Waals surface area contributed by atoms with Gasteiger partial charge in [-0.05, 0) is 25.2 Å². The lowest BCUT2D eigenvalue weighted by molar-refractivity contribution is -0.168. The van der Waals surface area contributed by atoms with Crippen LogP contribution in [0, 0.1) is 5.92 Å². The smallest absolute Gasteiger partial charge is 0.265 e. The number of Topliss-reactive ketones (excluding diaryl/α,β-unsaturated/α-hetero) is 1. The van der Waals surface area contributed by atoms with Crippen molar-refractivity contribution in [3.8, 4) is 0 Å². The van der Waals surface area contributed by atoms with Crippen molar-refractivity contribution in [2.24, 2.45) is 11.7 Å². The van der Waals surface area contributed by atoms with E-state index in [0.717, 1.165) is 51.4 Å². The lowest BCUT2D eigenvalue weighted by Gasteiger charge is -2.17. The molecule has 0 aliphatic rings. The fourth-order valence-electron chi connectivity index (χ4n) is 2.70. The van der Waals surface area contributed by atoms with E-state index in [1.54, 1.807) is 0 Å². The summed E-state index contributed by atoms with van der Waals surface area (Å²) in [6.45, 7) is 3.73. The van der Waals surface area contributed by atoms with E-state index in [9.17, 15) is 19.9 Å². The van der Waals surface area contributed by atoms with Crippen LogP contribution in [0.5, 0.6) is 0 Å². The molecule has 0 radical (unpaired) electrons. The maximum absolute atomic E-state index is 11.8. The second kappa shape index (κ2) is 15.1. The van der Waals surface area contributed by atoms with E-state index >= 15 is 0 Å². The summed E-state index contributed by atoms with van der Waals surface area (Å²) in [5.74, 6) is -0.113. The molecule has 7 nitrogen and oxygen atoms in total. The highest BCUT2D eigenvalue weighted by atomic mass is 16.5. The molecule has 0 aliphatic carbocycles. The van der Waals surface area contributed by atoms with Gasteiger partial charge in [-0.1, -0.05) is 46.0 Å². The van der Waals surface area contributed by atoms with Gasteiger partial charge in [0.05, 0.1) is 19.3 Å². The first-order valence-electron chi connectivity index (χ1n) is 9.84. The number of carbonyl (C=O) groups excluding carboxylic acids is 2. The van der Waals surface area contributed by atoms with Gasteiger partial charge in [0.2, 0.25) is 0 Å². The molecule has 7 heteroatoms. The molecule has 0 aromatic rings. The zero-order valence-electron chi connectivity index (χ0n) is 16.4. The van der Waals surface area contributed by atoms with Crippen LogP contribution in [-0.4, -0.2) is 57.5 Å². The Morgan fingerprint density at radius 1 is 0.962 bits per heavy atom. The molecule has 0 saturated heterocycles. The Morgan fingerprint density at radius 2 is 1.58 bits per heavy atom. The second-order valence-corrected chi connectivity index (χ2v) is 7.47. The molecular weight excluding hydrogens is 336 g/mol. The SMILES string of the molecule is CC(C)CCCC(O)CCCCCCC(=O)CCN(O)C(=O)C(N)CO. The summed E-state index contributed by atoms with van der Waals surface area (Å²) >= 11 is 0. The average molecular weight is 375 g/mol. The monoisotopic (exact) mass is 374 g/mol. The summed E-state index contributed by atoms with van der Waals surface area (Å²) in [5.41, 5.74) is 5.31. The fraction of sp³-hybridized carbons (Fsp3) is 0.895. The van der Waals surface area contributed by atoms with Gasteiger partial charge in [-0.15, -0.1) is 0 Å². The third kappa shape index (κ3) is 13.2. The highest BCUT2D eigenvalue weighted by Gasteiger charge is 2.19. The molecule has 0 aromatic heterocycles. The van der Waals surface area contributed by atoms with Gasteiger partial charge in [0.1, 0.15) is 11.8 Å². The Balaban J connectivity index is 3.61. The number of unbranched alkanes of at least 4 members (excludes halogenated alkanes) is 3. The van der Waals surface area contributed by atoms with Gasteiger partial charge in [-0.2, -0.15) is 0 Å². The predicted octanol–water partition coefficient (Wildman–Crippen LogP) is 2.01. The predicted molar refractivity (Wildman–Crippen MR) is 101 cm³/mol. The number of hydrogen-bond acceptors (Lipinski definition) is 6. The van der Waals surface area contributed by atoms with Crippen LogP contribution in [0.3, 0.4) is 0 Å². The molecule has 2 atom stereocenters. The number of hydroxylamine groups is 2. The fourth-order valence-corrected chi connectivity index (χ4v) is 2.70. The van der Waals surface area contributed by atoms with Crippen LogP contribution < -0.4 is 5.73 Å². The van der Waals surface area contributed by atoms with Crippen molar-refractivity contribution in [1.82, 2.24) is 5.06 Å². The Morgan fingerprint density at radius 3 is 2.19 bits per heavy atom. The molecule has 2 unspecified atom stereocenters. The molecule has 0 heterocycles. The molecule has 154 valence electrons. The largest absolute Gasteiger partial charge is 0.394 e. The molecule has 26 heavy (non-hydrogen) atoms. The molecule has 0 fully saturated rings. The van der Waals surface area contributed by atoms with Crippen molar-refractivity contribution in [3.05, 3.63) is 0 Å². The lowest BCUT2D eigenvalue weighted by atomic mass is 10.0. The summed E-state index contributed by atoms with van der Waals surface area (Å²) in [4.78, 5) is 23.2. The standard InChI is InChI=1S/C19H38N2O5/c1-15(2)8-7-11-16(23)9-5-3-4-6-10-17(24)12-13-21(26)19(25)18(20)14-22/h15-16,18,22-23,26H,3-14,20H2,1-2H3. The van der Waals surface area contributed by atoms with Gasteiger partial charge in [0, 0.05) is 12.8 Å². The highest BCUT2D eigenvalue weighted by Crippen LogP contribution is 2.14. The minimum Gasteiger partial charge on any atom is -0.394 e. The minimum atomic E-state index is -1.16. The summed E-state index contributed by atoms with van der Waals surface area (Å²) in [7, 11) is 0. The molecule has 0 saturated carbocycles. The van der Waals surface area contributed by atoms with Crippen molar-refractivity contribution >= 4 is 11.7 Å². The van der Waals surface area contributed by atoms with Gasteiger partial charge >= 0.3 is 0 Å². The minimum absolute atomic E-state index is 0.0110. The Bertz CT molecular complexity index is 390. The van der Waals surface area contributed by atoms with Crippen LogP contribution in [0.15, 0.2) is 0 Å². The maximum atomic E-state index is 11.8. The molecule has 0 spiro atoms. The summed E-state index contributed by atoms with van der Waals surface area (Å²) in [5, 5.41) is 28.5. The number of aliphatic hydroxyl groups is 2. The van der Waals surface area contributed by atoms with Gasteiger partial charge in [0.15, 0.2) is 0 Å². The van der Waals surface area contributed by atoms with E-state index in [4.69, 9.17) is 10.8 Å². The Kier molecular flexibility index (Phi) is 14.5. The first-order chi connectivity index (χ1) is 12.3. The number of aliphatic hydroxyl groups excluding tert-OH is 2. The summed E-state index contributed by atoms with van der Waals surface area (Å²) in [6.07, 6.45) is 7.86. The Labute approximate surface area is 157 Å². The first kappa shape index (κ1) is 25.0. The van der Waals surface area contributed by atoms with Crippen molar-refractivity contribution in [1.29, 1.82) is 0 Å². The quantitative estimate of drug-likeness (QED) is 0.186. The van der Waals surface area contributed by atoms with Crippen molar-refractivity contribution in [2.75, 3.05) is 13.2 Å². The molecule has 5 N–H and O–H groups in total. The zero-order valence-corrected chi connectivity index (χ0v) is 16.4. The van der Waals surface area contributed by atoms with Crippen molar-refractivity contribution < 1.29 is 25.0 Å². The van der Waals surface area contributed by atoms with Crippen LogP contribution in [-0.2, 0) is 9.59 Å². The molecule has 0 aromatic carbocycles. The normalized spacial score (nSPS) is 13.7. The molecule has 1 amide bonds. The first-order valence-corrected chi connectivity index (χ1v) is 9.84. The molecule has 0 bridgehead atoms. The number of carbonyl (C=O) groups is 2. The van der Waals surface area contributed by atoms with Gasteiger partial charge in [-0.25, -0.2) is 5.06 Å². The van der Waals surface area contributed by atoms with Crippen molar-refractivity contribution in [3.63, 3.8) is 0 Å². The number of hydrogen-bond donors (Lipinski definition) is 4. The topological polar surface area (TPSA) is 124 Å². The third-order valence-electron chi connectivity index (χ3n) is 4.43. The van der Waals surface area contributed by atoms with E-state index in [1.807, 2.05) is 0 Å². The summed E-state index contributed by atoms with van der Waals surface area (Å²) < 4.78 is 0. The number of nitrogens with zero attached hydrogens (tertiary/aromatic N) is 1. The second-order valence-electron chi connectivity index (χ2n) is 7.47. The van der Waals surface area contributed by atoms with Crippen LogP contribution in [0.25, 0.3) is 0 Å². The highest BCUT2D eigenvalue weighted by molar-refractivity contribution is 5.82. The molecule has 0 aliphatic heterocycles. The van der Waals surface area contributed by atoms with E-state index in [-0.39, 0.29) is 24.9 Å². The van der Waals surface area contributed by atoms with E-state index < -0.39 is 18.6 Å². The van der Waals surface area contributed by atoms with E-state index in [0.29, 0.717) is 17.4 Å². The number of amides is 1. The molecular formula is C19H38N2O5. The Hall–Kier alpha value is -1.02. The molecule has 0 rings (SSSR count). The van der Waals surface area contributed by atoms with Crippen LogP contribution in [0.4, 0.5) is 0 Å². The van der Waals surface area contributed by atoms with Crippen LogP contribution in [0.1, 0.15) is 78.1 Å². The van der Waals surface area contributed by atoms with E-state index in [1.165, 1.54) is 0 Å². The van der Waals surface area contributed by atoms with Gasteiger partial charge < -0.3 is 15.9 Å². The average Bonchev–Trinajstić information content (AvgIpc) is 2.60. The maximum Gasteiger partial charge on any atom is 0.265 e.